The van der Waals surface area contributed by atoms with Crippen molar-refractivity contribution in [2.75, 3.05) is 12.8 Å². The van der Waals surface area contributed by atoms with Crippen molar-refractivity contribution in [1.29, 1.82) is 0 Å². The molecule has 1 heterocycles. The lowest BCUT2D eigenvalue weighted by atomic mass is 10.2. The minimum absolute atomic E-state index is 0.123. The molecular weight excluding hydrogens is 242 g/mol. The molecule has 0 fully saturated rings. The van der Waals surface area contributed by atoms with Gasteiger partial charge in [0.25, 0.3) is 5.89 Å². The van der Waals surface area contributed by atoms with Gasteiger partial charge in [-0.25, -0.2) is 0 Å². The number of nitrogen functional groups attached to an aromatic ring is 1. The number of methoxy groups -OCH3 is 1. The summed E-state index contributed by atoms with van der Waals surface area (Å²) < 4.78 is 10.4. The molecule has 0 saturated heterocycles. The summed E-state index contributed by atoms with van der Waals surface area (Å²) in [6, 6.07) is 7.54. The Morgan fingerprint density at radius 2 is 2.05 bits per heavy atom. The average Bonchev–Trinajstić information content (AvgIpc) is 2.88. The second-order valence-corrected chi connectivity index (χ2v) is 4.12. The van der Waals surface area contributed by atoms with Crippen LogP contribution in [0.3, 0.4) is 0 Å². The molecule has 0 aliphatic rings. The second-order valence-electron chi connectivity index (χ2n) is 4.12. The third-order valence-corrected chi connectivity index (χ3v) is 2.76. The molecule has 1 aromatic carbocycles. The fraction of sp³-hybridized carbons (Fsp3) is 0.286. The van der Waals surface area contributed by atoms with Crippen molar-refractivity contribution in [2.24, 2.45) is 0 Å². The van der Waals surface area contributed by atoms with E-state index >= 15 is 0 Å². The van der Waals surface area contributed by atoms with E-state index in [1.54, 1.807) is 13.2 Å². The van der Waals surface area contributed by atoms with Crippen molar-refractivity contribution in [3.05, 3.63) is 41.5 Å². The second kappa shape index (κ2) is 6.15. The normalized spacial score (nSPS) is 12.9. The molecule has 100 valence electrons. The number of rotatable bonds is 5. The SMILES string of the molecule is CCC(OC)c1noc(/C=C/c2ccc(N)cc2)n1. The number of hydrogen-bond acceptors (Lipinski definition) is 5. The first-order chi connectivity index (χ1) is 9.22. The third kappa shape index (κ3) is 3.42. The molecule has 5 nitrogen and oxygen atoms in total. The van der Waals surface area contributed by atoms with Gasteiger partial charge < -0.3 is 15.0 Å². The maximum absolute atomic E-state index is 5.62. The molecule has 0 amide bonds. The minimum Gasteiger partial charge on any atom is -0.399 e. The van der Waals surface area contributed by atoms with Crippen molar-refractivity contribution in [3.8, 4) is 0 Å². The smallest absolute Gasteiger partial charge is 0.250 e. The molecule has 2 rings (SSSR count). The molecule has 1 unspecified atom stereocenters. The van der Waals surface area contributed by atoms with E-state index in [1.165, 1.54) is 0 Å². The van der Waals surface area contributed by atoms with E-state index in [-0.39, 0.29) is 6.10 Å². The Balaban J connectivity index is 2.09. The van der Waals surface area contributed by atoms with Gasteiger partial charge in [0, 0.05) is 18.9 Å². The van der Waals surface area contributed by atoms with Crippen molar-refractivity contribution < 1.29 is 9.26 Å². The highest BCUT2D eigenvalue weighted by atomic mass is 16.5. The van der Waals surface area contributed by atoms with Crippen LogP contribution in [0.5, 0.6) is 0 Å². The standard InChI is InChI=1S/C14H17N3O2/c1-3-12(18-2)14-16-13(19-17-14)9-6-10-4-7-11(15)8-5-10/h4-9,12H,3,15H2,1-2H3/b9-6+. The van der Waals surface area contributed by atoms with Crippen LogP contribution in [0.2, 0.25) is 0 Å². The molecule has 2 N–H and O–H groups in total. The molecule has 0 bridgehead atoms. The van der Waals surface area contributed by atoms with Crippen LogP contribution in [0, 0.1) is 0 Å². The highest BCUT2D eigenvalue weighted by molar-refractivity contribution is 5.66. The molecule has 2 aromatic rings. The Hall–Kier alpha value is -2.14. The van der Waals surface area contributed by atoms with Crippen molar-refractivity contribution in [2.45, 2.75) is 19.4 Å². The Labute approximate surface area is 112 Å². The summed E-state index contributed by atoms with van der Waals surface area (Å²) in [6.07, 6.45) is 4.34. The molecule has 0 spiro atoms. The van der Waals surface area contributed by atoms with Gasteiger partial charge in [-0.1, -0.05) is 24.2 Å². The predicted octanol–water partition coefficient (Wildman–Crippen LogP) is 2.92. The first kappa shape index (κ1) is 13.3. The Bertz CT molecular complexity index is 542. The topological polar surface area (TPSA) is 74.2 Å². The predicted molar refractivity (Wildman–Crippen MR) is 74.1 cm³/mol. The van der Waals surface area contributed by atoms with Crippen LogP contribution in [-0.4, -0.2) is 17.3 Å². The van der Waals surface area contributed by atoms with E-state index in [0.717, 1.165) is 17.7 Å². The third-order valence-electron chi connectivity index (χ3n) is 2.76. The zero-order chi connectivity index (χ0) is 13.7. The molecule has 0 radical (unpaired) electrons. The molecule has 0 saturated carbocycles. The molecule has 1 atom stereocenters. The van der Waals surface area contributed by atoms with Crippen molar-refractivity contribution >= 4 is 17.8 Å². The van der Waals surface area contributed by atoms with E-state index in [1.807, 2.05) is 37.3 Å². The molecule has 19 heavy (non-hydrogen) atoms. The van der Waals surface area contributed by atoms with Gasteiger partial charge in [-0.15, -0.1) is 0 Å². The van der Waals surface area contributed by atoms with Gasteiger partial charge in [0.1, 0.15) is 6.10 Å². The van der Waals surface area contributed by atoms with E-state index in [9.17, 15) is 0 Å². The number of hydrogen-bond donors (Lipinski definition) is 1. The fourth-order valence-corrected chi connectivity index (χ4v) is 1.68. The van der Waals surface area contributed by atoms with Crippen LogP contribution in [0.25, 0.3) is 12.2 Å². The van der Waals surface area contributed by atoms with Crippen LogP contribution >= 0.6 is 0 Å². The van der Waals surface area contributed by atoms with Gasteiger partial charge in [0.15, 0.2) is 0 Å². The van der Waals surface area contributed by atoms with Crippen LogP contribution in [0.15, 0.2) is 28.8 Å². The molecular formula is C14H17N3O2. The monoisotopic (exact) mass is 259 g/mol. The van der Waals surface area contributed by atoms with Gasteiger partial charge in [0.05, 0.1) is 0 Å². The number of anilines is 1. The van der Waals surface area contributed by atoms with Crippen LogP contribution in [0.4, 0.5) is 5.69 Å². The lowest BCUT2D eigenvalue weighted by molar-refractivity contribution is 0.0903. The van der Waals surface area contributed by atoms with Gasteiger partial charge in [-0.05, 0) is 30.2 Å². The van der Waals surface area contributed by atoms with Crippen molar-refractivity contribution in [3.63, 3.8) is 0 Å². The highest BCUT2D eigenvalue weighted by Crippen LogP contribution is 2.17. The Morgan fingerprint density at radius 3 is 2.68 bits per heavy atom. The zero-order valence-electron chi connectivity index (χ0n) is 11.0. The van der Waals surface area contributed by atoms with Crippen LogP contribution in [0.1, 0.15) is 36.7 Å². The summed E-state index contributed by atoms with van der Waals surface area (Å²) in [5, 5.41) is 3.90. The lowest BCUT2D eigenvalue weighted by Gasteiger charge is -2.05. The summed E-state index contributed by atoms with van der Waals surface area (Å²) in [4.78, 5) is 4.27. The summed E-state index contributed by atoms with van der Waals surface area (Å²) >= 11 is 0. The van der Waals surface area contributed by atoms with E-state index in [4.69, 9.17) is 15.0 Å². The number of aromatic nitrogens is 2. The Morgan fingerprint density at radius 1 is 1.32 bits per heavy atom. The molecule has 5 heteroatoms. The number of ether oxygens (including phenoxy) is 1. The summed E-state index contributed by atoms with van der Waals surface area (Å²) in [5.41, 5.74) is 7.38. The van der Waals surface area contributed by atoms with Crippen LogP contribution < -0.4 is 5.73 Å². The summed E-state index contributed by atoms with van der Waals surface area (Å²) in [7, 11) is 1.63. The minimum atomic E-state index is -0.123. The quantitative estimate of drug-likeness (QED) is 0.836. The first-order valence-electron chi connectivity index (χ1n) is 6.13. The highest BCUT2D eigenvalue weighted by Gasteiger charge is 2.14. The van der Waals surface area contributed by atoms with Gasteiger partial charge in [0.2, 0.25) is 5.82 Å². The lowest BCUT2D eigenvalue weighted by Crippen LogP contribution is -2.01. The van der Waals surface area contributed by atoms with E-state index in [2.05, 4.69) is 10.1 Å². The number of nitrogens with two attached hydrogens (primary N) is 1. The first-order valence-corrected chi connectivity index (χ1v) is 6.13. The summed E-state index contributed by atoms with van der Waals surface area (Å²) in [5.74, 6) is 1.03. The largest absolute Gasteiger partial charge is 0.399 e. The van der Waals surface area contributed by atoms with Crippen LogP contribution in [-0.2, 0) is 4.74 Å². The maximum atomic E-state index is 5.62. The van der Waals surface area contributed by atoms with E-state index < -0.39 is 0 Å². The fourth-order valence-electron chi connectivity index (χ4n) is 1.68. The number of benzene rings is 1. The molecule has 1 aromatic heterocycles. The van der Waals surface area contributed by atoms with E-state index in [0.29, 0.717) is 11.7 Å². The Kier molecular flexibility index (Phi) is 4.30. The zero-order valence-corrected chi connectivity index (χ0v) is 11.0. The van der Waals surface area contributed by atoms with Gasteiger partial charge in [-0.2, -0.15) is 4.98 Å². The summed E-state index contributed by atoms with van der Waals surface area (Å²) in [6.45, 7) is 2.01. The number of nitrogens with zero attached hydrogens (tertiary/aromatic N) is 2. The molecule has 0 aliphatic carbocycles. The average molecular weight is 259 g/mol. The molecule has 0 aliphatic heterocycles. The van der Waals surface area contributed by atoms with Gasteiger partial charge >= 0.3 is 0 Å². The van der Waals surface area contributed by atoms with Crippen molar-refractivity contribution in [1.82, 2.24) is 10.1 Å². The van der Waals surface area contributed by atoms with Gasteiger partial charge in [-0.3, -0.25) is 0 Å². The maximum Gasteiger partial charge on any atom is 0.250 e.